The second-order valence-corrected chi connectivity index (χ2v) is 22.9. The molecule has 4 aromatic heterocycles. The quantitative estimate of drug-likeness (QED) is 0.0265. The zero-order valence-corrected chi connectivity index (χ0v) is 46.8. The van der Waals surface area contributed by atoms with Gasteiger partial charge < -0.3 is 19.7 Å². The first-order chi connectivity index (χ1) is 35.6. The minimum Gasteiger partial charge on any atom is -0.494 e. The van der Waals surface area contributed by atoms with Gasteiger partial charge in [0, 0.05) is 57.6 Å². The van der Waals surface area contributed by atoms with Gasteiger partial charge in [-0.15, -0.1) is 34.0 Å². The molecule has 1 unspecified atom stereocenters. The Morgan fingerprint density at radius 1 is 0.616 bits per heavy atom. The molecule has 0 aliphatic rings. The van der Waals surface area contributed by atoms with Gasteiger partial charge in [-0.2, -0.15) is 5.26 Å². The molecule has 0 fully saturated rings. The van der Waals surface area contributed by atoms with Crippen molar-refractivity contribution in [2.45, 2.75) is 176 Å². The molecule has 7 nitrogen and oxygen atoms in total. The SMILES string of the molecule is CCCCCCOc1ccc(-c2ccc3c(c2)c2cc(-c4cc(CCCCCC)c(-c5cc(CCCCCC)c(-c6cc(CCCCCC)c(/C=C(\C#N)C(=O)NC(C)C(=O)O)s6)s5)s4)ccc2n3CC)cc1. The molecule has 0 bridgehead atoms. The third-order valence-electron chi connectivity index (χ3n) is 14.1. The number of unbranched alkanes of at least 4 members (excludes halogenated alkanes) is 12. The van der Waals surface area contributed by atoms with Crippen LogP contribution in [-0.2, 0) is 35.4 Å². The predicted octanol–water partition coefficient (Wildman–Crippen LogP) is 18.5. The van der Waals surface area contributed by atoms with Crippen LogP contribution in [0.15, 0.2) is 84.4 Å². The Labute approximate surface area is 447 Å². The fourth-order valence-corrected chi connectivity index (χ4v) is 13.7. The third-order valence-corrected chi connectivity index (χ3v) is 18.0. The molecule has 0 saturated heterocycles. The average Bonchev–Trinajstić information content (AvgIpc) is 4.20. The van der Waals surface area contributed by atoms with Gasteiger partial charge in [0.2, 0.25) is 0 Å². The largest absolute Gasteiger partial charge is 0.494 e. The number of fused-ring (bicyclic) bond motifs is 3. The van der Waals surface area contributed by atoms with E-state index in [2.05, 4.69) is 129 Å². The summed E-state index contributed by atoms with van der Waals surface area (Å²) in [5, 5.41) is 24.7. The first kappa shape index (κ1) is 55.3. The highest BCUT2D eigenvalue weighted by molar-refractivity contribution is 7.27. The van der Waals surface area contributed by atoms with Crippen molar-refractivity contribution in [3.8, 4) is 52.9 Å². The van der Waals surface area contributed by atoms with Crippen molar-refractivity contribution in [2.24, 2.45) is 0 Å². The number of aromatic nitrogens is 1. The number of nitriles is 1. The first-order valence-electron chi connectivity index (χ1n) is 27.4. The van der Waals surface area contributed by atoms with Crippen molar-refractivity contribution >= 4 is 73.8 Å². The van der Waals surface area contributed by atoms with E-state index in [1.54, 1.807) is 17.4 Å². The van der Waals surface area contributed by atoms with E-state index in [1.165, 1.54) is 134 Å². The lowest BCUT2D eigenvalue weighted by Gasteiger charge is -2.08. The molecule has 0 aliphatic heterocycles. The first-order valence-corrected chi connectivity index (χ1v) is 29.9. The van der Waals surface area contributed by atoms with E-state index in [1.807, 2.05) is 22.7 Å². The summed E-state index contributed by atoms with van der Waals surface area (Å²) in [7, 11) is 0. The molecule has 10 heteroatoms. The highest BCUT2D eigenvalue weighted by atomic mass is 32.1. The molecule has 4 heterocycles. The van der Waals surface area contributed by atoms with E-state index in [-0.39, 0.29) is 5.57 Å². The van der Waals surface area contributed by atoms with E-state index in [4.69, 9.17) is 4.74 Å². The number of hydrogen-bond donors (Lipinski definition) is 2. The van der Waals surface area contributed by atoms with E-state index in [0.717, 1.165) is 98.4 Å². The number of nitrogens with zero attached hydrogens (tertiary/aromatic N) is 2. The number of hydrogen-bond acceptors (Lipinski definition) is 7. The average molecular weight is 1040 g/mol. The van der Waals surface area contributed by atoms with Crippen LogP contribution in [0, 0.1) is 11.3 Å². The second kappa shape index (κ2) is 27.7. The molecule has 386 valence electrons. The van der Waals surface area contributed by atoms with Crippen LogP contribution in [0.25, 0.3) is 69.0 Å². The molecule has 0 spiro atoms. The summed E-state index contributed by atoms with van der Waals surface area (Å²) in [6.07, 6.45) is 23.2. The lowest BCUT2D eigenvalue weighted by atomic mass is 10.0. The standard InChI is InChI=1S/C63H77N3O4S3/c1-7-12-16-20-24-46-38-58(71-56(46)41-50(42-64)62(67)65-43(6)63(68)69)60-49(26-22-18-14-9-3)40-59(73-60)61-48(25-21-17-13-8-2)39-57(72-61)47-30-34-55-53(37-47)52-36-45(29-33-54(52)66(55)11-5)44-27-31-51(32-28-44)70-35-23-19-15-10-4/h27-34,36-41,43H,7-26,35H2,1-6H3,(H,65,67)(H,68,69)/b50-41+. The molecule has 7 aromatic rings. The summed E-state index contributed by atoms with van der Waals surface area (Å²) in [5.41, 5.74) is 9.97. The van der Waals surface area contributed by atoms with Crippen molar-refractivity contribution in [2.75, 3.05) is 6.61 Å². The van der Waals surface area contributed by atoms with Crippen LogP contribution >= 0.6 is 34.0 Å². The van der Waals surface area contributed by atoms with E-state index in [9.17, 15) is 20.0 Å². The maximum Gasteiger partial charge on any atom is 0.325 e. The summed E-state index contributed by atoms with van der Waals surface area (Å²) < 4.78 is 8.53. The van der Waals surface area contributed by atoms with Gasteiger partial charge in [0.25, 0.3) is 5.91 Å². The van der Waals surface area contributed by atoms with Gasteiger partial charge in [-0.3, -0.25) is 9.59 Å². The number of thiophene rings is 3. The smallest absolute Gasteiger partial charge is 0.325 e. The minimum absolute atomic E-state index is 0.0800. The van der Waals surface area contributed by atoms with Crippen molar-refractivity contribution in [1.29, 1.82) is 5.26 Å². The minimum atomic E-state index is -1.14. The molecule has 0 radical (unpaired) electrons. The van der Waals surface area contributed by atoms with Crippen LogP contribution in [0.1, 0.15) is 166 Å². The summed E-state index contributed by atoms with van der Waals surface area (Å²) >= 11 is 5.46. The molecule has 7 rings (SSSR count). The van der Waals surface area contributed by atoms with Crippen LogP contribution in [-0.4, -0.2) is 34.2 Å². The second-order valence-electron chi connectivity index (χ2n) is 19.7. The van der Waals surface area contributed by atoms with E-state index >= 15 is 0 Å². The lowest BCUT2D eigenvalue weighted by molar-refractivity contribution is -0.140. The van der Waals surface area contributed by atoms with Gasteiger partial charge in [0.05, 0.1) is 6.61 Å². The molecule has 0 aliphatic carbocycles. The molecule has 73 heavy (non-hydrogen) atoms. The Kier molecular flexibility index (Phi) is 21.0. The summed E-state index contributed by atoms with van der Waals surface area (Å²) in [4.78, 5) is 32.1. The number of carboxylic acid groups (broad SMARTS) is 1. The number of carbonyl (C=O) groups is 2. The van der Waals surface area contributed by atoms with Gasteiger partial charge >= 0.3 is 5.97 Å². The predicted molar refractivity (Wildman–Crippen MR) is 312 cm³/mol. The van der Waals surface area contributed by atoms with Gasteiger partial charge in [0.1, 0.15) is 23.4 Å². The number of carboxylic acids is 1. The van der Waals surface area contributed by atoms with Crippen molar-refractivity contribution in [3.63, 3.8) is 0 Å². The van der Waals surface area contributed by atoms with Crippen LogP contribution < -0.4 is 10.1 Å². The zero-order chi connectivity index (χ0) is 51.7. The molecule has 1 atom stereocenters. The monoisotopic (exact) mass is 1040 g/mol. The normalized spacial score (nSPS) is 12.2. The fraction of sp³-hybridized carbons (Fsp3) is 0.444. The topological polar surface area (TPSA) is 104 Å². The summed E-state index contributed by atoms with van der Waals surface area (Å²) in [6, 6.07) is 30.8. The molecular formula is C63H77N3O4S3. The van der Waals surface area contributed by atoms with Crippen LogP contribution in [0.4, 0.5) is 0 Å². The molecule has 1 amide bonds. The van der Waals surface area contributed by atoms with Crippen LogP contribution in [0.2, 0.25) is 0 Å². The van der Waals surface area contributed by atoms with E-state index < -0.39 is 17.9 Å². The number of rotatable bonds is 30. The Morgan fingerprint density at radius 3 is 1.67 bits per heavy atom. The van der Waals surface area contributed by atoms with Crippen LogP contribution in [0.5, 0.6) is 5.75 Å². The van der Waals surface area contributed by atoms with Crippen molar-refractivity contribution < 1.29 is 19.4 Å². The molecular weight excluding hydrogens is 959 g/mol. The highest BCUT2D eigenvalue weighted by Gasteiger charge is 2.23. The Bertz CT molecular complexity index is 2990. The number of benzene rings is 3. The zero-order valence-electron chi connectivity index (χ0n) is 44.3. The number of aryl methyl sites for hydroxylation is 4. The lowest BCUT2D eigenvalue weighted by Crippen LogP contribution is -2.38. The maximum atomic E-state index is 13.2. The van der Waals surface area contributed by atoms with Crippen molar-refractivity contribution in [1.82, 2.24) is 9.88 Å². The Balaban J connectivity index is 1.28. The molecule has 3 aromatic carbocycles. The number of aliphatic carboxylic acids is 1. The highest BCUT2D eigenvalue weighted by Crippen LogP contribution is 2.48. The Morgan fingerprint density at radius 2 is 1.11 bits per heavy atom. The number of amides is 1. The fourth-order valence-electron chi connectivity index (χ4n) is 9.85. The number of nitrogens with one attached hydrogen (secondary N) is 1. The number of ether oxygens (including phenoxy) is 1. The number of carbonyl (C=O) groups excluding carboxylic acids is 1. The molecule has 0 saturated carbocycles. The maximum absolute atomic E-state index is 13.2. The molecule has 2 N–H and O–H groups in total. The van der Waals surface area contributed by atoms with E-state index in [0.29, 0.717) is 0 Å². The van der Waals surface area contributed by atoms with Crippen LogP contribution in [0.3, 0.4) is 0 Å². The van der Waals surface area contributed by atoms with Gasteiger partial charge in [-0.05, 0) is 153 Å². The van der Waals surface area contributed by atoms with Gasteiger partial charge in [-0.25, -0.2) is 0 Å². The van der Waals surface area contributed by atoms with Gasteiger partial charge in [0.15, 0.2) is 0 Å². The van der Waals surface area contributed by atoms with Crippen molar-refractivity contribution in [3.05, 3.63) is 106 Å². The Hall–Kier alpha value is -5.47. The summed E-state index contributed by atoms with van der Waals surface area (Å²) in [6.45, 7) is 14.3. The summed E-state index contributed by atoms with van der Waals surface area (Å²) in [5.74, 6) is -0.884. The third kappa shape index (κ3) is 14.2. The van der Waals surface area contributed by atoms with Gasteiger partial charge in [-0.1, -0.05) is 129 Å².